The fraction of sp³-hybridized carbons (Fsp3) is 0.368. The van der Waals surface area contributed by atoms with Gasteiger partial charge in [0.1, 0.15) is 17.6 Å². The van der Waals surface area contributed by atoms with E-state index in [1.54, 1.807) is 12.1 Å². The zero-order chi connectivity index (χ0) is 15.5. The van der Waals surface area contributed by atoms with Crippen molar-refractivity contribution in [3.8, 4) is 11.5 Å². The zero-order valence-electron chi connectivity index (χ0n) is 13.2. The van der Waals surface area contributed by atoms with E-state index < -0.39 is 0 Å². The molecule has 0 saturated carbocycles. The molecule has 1 aliphatic heterocycles. The second-order valence-corrected chi connectivity index (χ2v) is 5.76. The molecule has 0 fully saturated rings. The Bertz CT molecular complexity index is 654. The molecule has 0 aliphatic carbocycles. The highest BCUT2D eigenvalue weighted by atomic mass is 16.5. The molecule has 116 valence electrons. The Morgan fingerprint density at radius 3 is 2.64 bits per heavy atom. The van der Waals surface area contributed by atoms with Crippen LogP contribution in [0, 0.1) is 0 Å². The maximum atomic E-state index is 9.71. The standard InChI is InChI=1S/C19H23NO2/c1-3-14-7-5-6-8-15(14)11-17-13-20(4-2)18-10-9-16(21)12-19(18)22-17/h5-10,12,17,21H,3-4,11,13H2,1-2H3. The lowest BCUT2D eigenvalue weighted by molar-refractivity contribution is 0.193. The predicted molar refractivity (Wildman–Crippen MR) is 89.9 cm³/mol. The van der Waals surface area contributed by atoms with Crippen LogP contribution in [-0.4, -0.2) is 24.3 Å². The minimum atomic E-state index is 0.113. The van der Waals surface area contributed by atoms with Crippen molar-refractivity contribution >= 4 is 5.69 Å². The number of nitrogens with zero attached hydrogens (tertiary/aromatic N) is 1. The molecular formula is C19H23NO2. The van der Waals surface area contributed by atoms with Gasteiger partial charge in [-0.25, -0.2) is 0 Å². The second-order valence-electron chi connectivity index (χ2n) is 5.76. The summed E-state index contributed by atoms with van der Waals surface area (Å²) < 4.78 is 6.15. The summed E-state index contributed by atoms with van der Waals surface area (Å²) in [6.07, 6.45) is 2.05. The van der Waals surface area contributed by atoms with Crippen LogP contribution in [0.3, 0.4) is 0 Å². The van der Waals surface area contributed by atoms with Crippen LogP contribution in [0.2, 0.25) is 0 Å². The number of benzene rings is 2. The molecule has 22 heavy (non-hydrogen) atoms. The summed E-state index contributed by atoms with van der Waals surface area (Å²) in [5, 5.41) is 9.71. The normalized spacial score (nSPS) is 17.0. The van der Waals surface area contributed by atoms with Crippen molar-refractivity contribution in [3.63, 3.8) is 0 Å². The molecule has 0 saturated heterocycles. The molecule has 2 aromatic carbocycles. The molecule has 1 atom stereocenters. The number of ether oxygens (including phenoxy) is 1. The molecule has 0 radical (unpaired) electrons. The fourth-order valence-corrected chi connectivity index (χ4v) is 3.17. The lowest BCUT2D eigenvalue weighted by atomic mass is 9.98. The molecule has 0 bridgehead atoms. The molecule has 1 heterocycles. The van der Waals surface area contributed by atoms with Gasteiger partial charge in [-0.15, -0.1) is 0 Å². The summed E-state index contributed by atoms with van der Waals surface area (Å²) in [5.74, 6) is 1.04. The van der Waals surface area contributed by atoms with E-state index in [9.17, 15) is 5.11 Å². The Morgan fingerprint density at radius 1 is 1.14 bits per heavy atom. The summed E-state index contributed by atoms with van der Waals surface area (Å²) in [4.78, 5) is 2.32. The van der Waals surface area contributed by atoms with Crippen molar-refractivity contribution < 1.29 is 9.84 Å². The number of anilines is 1. The summed E-state index contributed by atoms with van der Waals surface area (Å²) in [5.41, 5.74) is 3.81. The third-order valence-electron chi connectivity index (χ3n) is 4.33. The molecular weight excluding hydrogens is 274 g/mol. The number of hydrogen-bond donors (Lipinski definition) is 1. The molecule has 3 nitrogen and oxygen atoms in total. The van der Waals surface area contributed by atoms with E-state index in [0.29, 0.717) is 0 Å². The van der Waals surface area contributed by atoms with Gasteiger partial charge in [0.2, 0.25) is 0 Å². The summed E-state index contributed by atoms with van der Waals surface area (Å²) in [6.45, 7) is 6.16. The quantitative estimate of drug-likeness (QED) is 0.932. The molecule has 1 aliphatic rings. The number of aryl methyl sites for hydroxylation is 1. The number of hydrogen-bond acceptors (Lipinski definition) is 3. The summed E-state index contributed by atoms with van der Waals surface area (Å²) in [7, 11) is 0. The highest BCUT2D eigenvalue weighted by Crippen LogP contribution is 2.36. The van der Waals surface area contributed by atoms with Crippen molar-refractivity contribution in [1.29, 1.82) is 0 Å². The molecule has 0 spiro atoms. The van der Waals surface area contributed by atoms with Crippen molar-refractivity contribution in [2.75, 3.05) is 18.0 Å². The Morgan fingerprint density at radius 2 is 1.91 bits per heavy atom. The van der Waals surface area contributed by atoms with Gasteiger partial charge in [-0.2, -0.15) is 0 Å². The van der Waals surface area contributed by atoms with Crippen LogP contribution in [-0.2, 0) is 12.8 Å². The van der Waals surface area contributed by atoms with Crippen LogP contribution in [0.4, 0.5) is 5.69 Å². The van der Waals surface area contributed by atoms with Gasteiger partial charge >= 0.3 is 0 Å². The smallest absolute Gasteiger partial charge is 0.146 e. The number of likely N-dealkylation sites (N-methyl/N-ethyl adjacent to an activating group) is 1. The Hall–Kier alpha value is -2.16. The van der Waals surface area contributed by atoms with Crippen LogP contribution in [0.5, 0.6) is 11.5 Å². The molecule has 3 rings (SSSR count). The molecule has 1 unspecified atom stereocenters. The van der Waals surface area contributed by atoms with E-state index in [2.05, 4.69) is 43.0 Å². The van der Waals surface area contributed by atoms with Gasteiger partial charge in [-0.05, 0) is 36.6 Å². The number of fused-ring (bicyclic) bond motifs is 1. The molecule has 1 N–H and O–H groups in total. The first-order chi connectivity index (χ1) is 10.7. The minimum Gasteiger partial charge on any atom is -0.508 e. The highest BCUT2D eigenvalue weighted by molar-refractivity contribution is 5.62. The molecule has 0 amide bonds. The average Bonchev–Trinajstić information content (AvgIpc) is 2.54. The van der Waals surface area contributed by atoms with Gasteiger partial charge in [0.25, 0.3) is 0 Å². The van der Waals surface area contributed by atoms with Gasteiger partial charge in [-0.3, -0.25) is 0 Å². The van der Waals surface area contributed by atoms with Crippen molar-refractivity contribution in [2.45, 2.75) is 32.8 Å². The first kappa shape index (κ1) is 14.8. The van der Waals surface area contributed by atoms with Gasteiger partial charge in [-0.1, -0.05) is 31.2 Å². The number of phenols is 1. The van der Waals surface area contributed by atoms with Crippen LogP contribution in [0.1, 0.15) is 25.0 Å². The fourth-order valence-electron chi connectivity index (χ4n) is 3.17. The van der Waals surface area contributed by atoms with E-state index in [1.165, 1.54) is 11.1 Å². The van der Waals surface area contributed by atoms with E-state index in [-0.39, 0.29) is 11.9 Å². The van der Waals surface area contributed by atoms with E-state index >= 15 is 0 Å². The van der Waals surface area contributed by atoms with Gasteiger partial charge in [0.15, 0.2) is 0 Å². The summed E-state index contributed by atoms with van der Waals surface area (Å²) >= 11 is 0. The summed E-state index contributed by atoms with van der Waals surface area (Å²) in [6, 6.07) is 13.9. The predicted octanol–water partition coefficient (Wildman–Crippen LogP) is 3.78. The average molecular weight is 297 g/mol. The van der Waals surface area contributed by atoms with Crippen LogP contribution < -0.4 is 9.64 Å². The van der Waals surface area contributed by atoms with Crippen molar-refractivity contribution in [3.05, 3.63) is 53.6 Å². The second kappa shape index (κ2) is 6.30. The third kappa shape index (κ3) is 2.89. The first-order valence-corrected chi connectivity index (χ1v) is 8.02. The van der Waals surface area contributed by atoms with Crippen LogP contribution >= 0.6 is 0 Å². The third-order valence-corrected chi connectivity index (χ3v) is 4.33. The molecule has 3 heteroatoms. The largest absolute Gasteiger partial charge is 0.508 e. The van der Waals surface area contributed by atoms with Crippen molar-refractivity contribution in [2.24, 2.45) is 0 Å². The number of rotatable bonds is 4. The van der Waals surface area contributed by atoms with Crippen molar-refractivity contribution in [1.82, 2.24) is 0 Å². The van der Waals surface area contributed by atoms with Gasteiger partial charge in [0, 0.05) is 19.0 Å². The van der Waals surface area contributed by atoms with Crippen LogP contribution in [0.15, 0.2) is 42.5 Å². The minimum absolute atomic E-state index is 0.113. The number of phenolic OH excluding ortho intramolecular Hbond substituents is 1. The first-order valence-electron chi connectivity index (χ1n) is 8.02. The lowest BCUT2D eigenvalue weighted by Crippen LogP contribution is -2.41. The molecule has 0 aromatic heterocycles. The maximum absolute atomic E-state index is 9.71. The Labute approximate surface area is 132 Å². The highest BCUT2D eigenvalue weighted by Gasteiger charge is 2.25. The van der Waals surface area contributed by atoms with Gasteiger partial charge in [0.05, 0.1) is 12.2 Å². The topological polar surface area (TPSA) is 32.7 Å². The zero-order valence-corrected chi connectivity index (χ0v) is 13.2. The SMILES string of the molecule is CCc1ccccc1CC1CN(CC)c2ccc(O)cc2O1. The van der Waals surface area contributed by atoms with E-state index in [1.807, 2.05) is 6.07 Å². The van der Waals surface area contributed by atoms with Gasteiger partial charge < -0.3 is 14.7 Å². The Kier molecular flexibility index (Phi) is 4.23. The molecule has 2 aromatic rings. The monoisotopic (exact) mass is 297 g/mol. The van der Waals surface area contributed by atoms with E-state index in [0.717, 1.165) is 37.4 Å². The number of aromatic hydroxyl groups is 1. The Balaban J connectivity index is 1.84. The van der Waals surface area contributed by atoms with E-state index in [4.69, 9.17) is 4.74 Å². The van der Waals surface area contributed by atoms with Crippen LogP contribution in [0.25, 0.3) is 0 Å². The maximum Gasteiger partial charge on any atom is 0.146 e. The lowest BCUT2D eigenvalue weighted by Gasteiger charge is -2.36.